The monoisotopic (exact) mass is 200 g/mol. The van der Waals surface area contributed by atoms with Crippen LogP contribution in [0.3, 0.4) is 0 Å². The lowest BCUT2D eigenvalue weighted by molar-refractivity contribution is -0.0499. The predicted octanol–water partition coefficient (Wildman–Crippen LogP) is 2.72. The first kappa shape index (κ1) is 10.6. The lowest BCUT2D eigenvalue weighted by atomic mass is 10.0. The van der Waals surface area contributed by atoms with Gasteiger partial charge in [-0.2, -0.15) is 8.78 Å². The van der Waals surface area contributed by atoms with Crippen molar-refractivity contribution in [2.75, 3.05) is 0 Å². The minimum absolute atomic E-state index is 0.0187. The largest absolute Gasteiger partial charge is 0.435 e. The fourth-order valence-electron chi connectivity index (χ4n) is 1.15. The van der Waals surface area contributed by atoms with Gasteiger partial charge in [-0.3, -0.25) is 4.79 Å². The molecule has 1 rings (SSSR count). The maximum Gasteiger partial charge on any atom is 0.387 e. The van der Waals surface area contributed by atoms with Gasteiger partial charge < -0.3 is 4.74 Å². The van der Waals surface area contributed by atoms with Crippen LogP contribution < -0.4 is 4.74 Å². The maximum absolute atomic E-state index is 11.9. The van der Waals surface area contributed by atoms with Gasteiger partial charge in [-0.25, -0.2) is 0 Å². The highest BCUT2D eigenvalue weighted by molar-refractivity contribution is 5.78. The van der Waals surface area contributed by atoms with Crippen LogP contribution in [0.1, 0.15) is 21.5 Å². The number of halogens is 2. The van der Waals surface area contributed by atoms with Gasteiger partial charge in [0.05, 0.1) is 0 Å². The molecule has 0 fully saturated rings. The number of carbonyl (C=O) groups is 1. The van der Waals surface area contributed by atoms with Gasteiger partial charge in [0.15, 0.2) is 0 Å². The van der Waals surface area contributed by atoms with E-state index >= 15 is 0 Å². The van der Waals surface area contributed by atoms with Crippen LogP contribution in [0.4, 0.5) is 8.78 Å². The zero-order valence-electron chi connectivity index (χ0n) is 7.88. The molecule has 0 amide bonds. The number of aryl methyl sites for hydroxylation is 1. The molecular formula is C10H10F2O2. The smallest absolute Gasteiger partial charge is 0.387 e. The third-order valence-electron chi connectivity index (χ3n) is 2.03. The Hall–Kier alpha value is -1.45. The molecule has 0 radical (unpaired) electrons. The van der Waals surface area contributed by atoms with E-state index in [0.717, 1.165) is 11.1 Å². The number of hydrogen-bond acceptors (Lipinski definition) is 2. The van der Waals surface area contributed by atoms with Gasteiger partial charge in [-0.1, -0.05) is 0 Å². The summed E-state index contributed by atoms with van der Waals surface area (Å²) in [4.78, 5) is 10.6. The zero-order valence-corrected chi connectivity index (χ0v) is 7.88. The highest BCUT2D eigenvalue weighted by atomic mass is 19.3. The van der Waals surface area contributed by atoms with E-state index in [1.165, 1.54) is 12.1 Å². The molecule has 0 bridgehead atoms. The van der Waals surface area contributed by atoms with Crippen molar-refractivity contribution in [1.29, 1.82) is 0 Å². The van der Waals surface area contributed by atoms with Crippen molar-refractivity contribution in [3.63, 3.8) is 0 Å². The topological polar surface area (TPSA) is 26.3 Å². The summed E-state index contributed by atoms with van der Waals surface area (Å²) in [6, 6.07) is 2.79. The second-order valence-corrected chi connectivity index (χ2v) is 2.95. The van der Waals surface area contributed by atoms with Crippen LogP contribution >= 0.6 is 0 Å². The van der Waals surface area contributed by atoms with Crippen molar-refractivity contribution >= 4 is 6.29 Å². The molecule has 0 spiro atoms. The molecule has 1 aromatic carbocycles. The minimum atomic E-state index is -2.86. The van der Waals surface area contributed by atoms with Crippen LogP contribution in [0.15, 0.2) is 12.1 Å². The Morgan fingerprint density at radius 1 is 1.36 bits per heavy atom. The van der Waals surface area contributed by atoms with Gasteiger partial charge in [0, 0.05) is 5.56 Å². The first-order valence-electron chi connectivity index (χ1n) is 4.06. The van der Waals surface area contributed by atoms with Crippen LogP contribution in [0.25, 0.3) is 0 Å². The fourth-order valence-corrected chi connectivity index (χ4v) is 1.15. The highest BCUT2D eigenvalue weighted by Crippen LogP contribution is 2.21. The molecule has 14 heavy (non-hydrogen) atoms. The fraction of sp³-hybridized carbons (Fsp3) is 0.300. The maximum atomic E-state index is 11.9. The Balaban J connectivity index is 3.09. The van der Waals surface area contributed by atoms with Crippen molar-refractivity contribution in [2.24, 2.45) is 0 Å². The van der Waals surface area contributed by atoms with E-state index in [2.05, 4.69) is 4.74 Å². The molecule has 1 aromatic rings. The Labute approximate surface area is 80.5 Å². The van der Waals surface area contributed by atoms with Gasteiger partial charge in [-0.15, -0.1) is 0 Å². The second-order valence-electron chi connectivity index (χ2n) is 2.95. The number of benzene rings is 1. The number of carbonyl (C=O) groups excluding carboxylic acids is 1. The number of ether oxygens (including phenoxy) is 1. The number of hydrogen-bond donors (Lipinski definition) is 0. The van der Waals surface area contributed by atoms with E-state index in [9.17, 15) is 13.6 Å². The van der Waals surface area contributed by atoms with E-state index in [1.54, 1.807) is 13.8 Å². The van der Waals surface area contributed by atoms with E-state index in [-0.39, 0.29) is 5.75 Å². The Morgan fingerprint density at radius 3 is 2.50 bits per heavy atom. The molecule has 0 aliphatic rings. The quantitative estimate of drug-likeness (QED) is 0.701. The summed E-state index contributed by atoms with van der Waals surface area (Å²) < 4.78 is 28.0. The number of rotatable bonds is 3. The summed E-state index contributed by atoms with van der Waals surface area (Å²) in [5.74, 6) is 0.0187. The summed E-state index contributed by atoms with van der Waals surface area (Å²) >= 11 is 0. The van der Waals surface area contributed by atoms with Crippen molar-refractivity contribution in [1.82, 2.24) is 0 Å². The molecular weight excluding hydrogens is 190 g/mol. The first-order valence-corrected chi connectivity index (χ1v) is 4.06. The van der Waals surface area contributed by atoms with Crippen molar-refractivity contribution in [3.05, 3.63) is 28.8 Å². The minimum Gasteiger partial charge on any atom is -0.435 e. The average molecular weight is 200 g/mol. The summed E-state index contributed by atoms with van der Waals surface area (Å²) in [5.41, 5.74) is 1.91. The molecule has 0 saturated heterocycles. The van der Waals surface area contributed by atoms with Crippen LogP contribution in [0.2, 0.25) is 0 Å². The Morgan fingerprint density at radius 2 is 2.00 bits per heavy atom. The average Bonchev–Trinajstić information content (AvgIpc) is 2.10. The highest BCUT2D eigenvalue weighted by Gasteiger charge is 2.08. The predicted molar refractivity (Wildman–Crippen MR) is 47.9 cm³/mol. The van der Waals surface area contributed by atoms with E-state index in [1.807, 2.05) is 0 Å². The first-order chi connectivity index (χ1) is 6.54. The number of alkyl halides is 2. The van der Waals surface area contributed by atoms with Crippen LogP contribution in [-0.4, -0.2) is 12.9 Å². The standard InChI is InChI=1S/C10H10F2O2/c1-6-3-9(14-10(11)12)4-8(5-13)7(6)2/h3-5,10H,1-2H3. The molecule has 76 valence electrons. The molecule has 0 saturated carbocycles. The van der Waals surface area contributed by atoms with Gasteiger partial charge in [0.1, 0.15) is 12.0 Å². The van der Waals surface area contributed by atoms with Crippen LogP contribution in [0, 0.1) is 13.8 Å². The van der Waals surface area contributed by atoms with Crippen molar-refractivity contribution in [3.8, 4) is 5.75 Å². The van der Waals surface area contributed by atoms with Gasteiger partial charge in [0.2, 0.25) is 0 Å². The number of aldehydes is 1. The third kappa shape index (κ3) is 2.28. The van der Waals surface area contributed by atoms with Crippen LogP contribution in [-0.2, 0) is 0 Å². The lowest BCUT2D eigenvalue weighted by Gasteiger charge is -2.08. The Kier molecular flexibility index (Phi) is 3.17. The summed E-state index contributed by atoms with van der Waals surface area (Å²) in [6.45, 7) is 0.628. The van der Waals surface area contributed by atoms with E-state index in [4.69, 9.17) is 0 Å². The molecule has 0 aliphatic heterocycles. The molecule has 4 heteroatoms. The molecule has 0 aromatic heterocycles. The molecule has 2 nitrogen and oxygen atoms in total. The van der Waals surface area contributed by atoms with Gasteiger partial charge in [0.25, 0.3) is 0 Å². The summed E-state index contributed by atoms with van der Waals surface area (Å²) in [6.07, 6.45) is 0.626. The van der Waals surface area contributed by atoms with Gasteiger partial charge >= 0.3 is 6.61 Å². The van der Waals surface area contributed by atoms with E-state index in [0.29, 0.717) is 11.8 Å². The molecule has 0 heterocycles. The summed E-state index contributed by atoms with van der Waals surface area (Å²) in [5, 5.41) is 0. The lowest BCUT2D eigenvalue weighted by Crippen LogP contribution is -2.03. The summed E-state index contributed by atoms with van der Waals surface area (Å²) in [7, 11) is 0. The molecule has 0 unspecified atom stereocenters. The second kappa shape index (κ2) is 4.17. The van der Waals surface area contributed by atoms with Gasteiger partial charge in [-0.05, 0) is 37.1 Å². The third-order valence-corrected chi connectivity index (χ3v) is 2.03. The molecule has 0 N–H and O–H groups in total. The van der Waals surface area contributed by atoms with Crippen molar-refractivity contribution in [2.45, 2.75) is 20.5 Å². The molecule has 0 aliphatic carbocycles. The zero-order chi connectivity index (χ0) is 10.7. The molecule has 0 atom stereocenters. The Bertz CT molecular complexity index is 348. The van der Waals surface area contributed by atoms with E-state index < -0.39 is 6.61 Å². The normalized spacial score (nSPS) is 10.4. The van der Waals surface area contributed by atoms with Crippen molar-refractivity contribution < 1.29 is 18.3 Å². The SMILES string of the molecule is Cc1cc(OC(F)F)cc(C=O)c1C. The van der Waals surface area contributed by atoms with Crippen LogP contribution in [0.5, 0.6) is 5.75 Å².